The van der Waals surface area contributed by atoms with Crippen LogP contribution >= 0.6 is 0 Å². The number of aromatic nitrogens is 2. The van der Waals surface area contributed by atoms with E-state index in [9.17, 15) is 13.2 Å². The molecule has 1 fully saturated rings. The van der Waals surface area contributed by atoms with Gasteiger partial charge in [-0.2, -0.15) is 23.4 Å². The monoisotopic (exact) mass is 369 g/mol. The van der Waals surface area contributed by atoms with Crippen LogP contribution in [-0.2, 0) is 17.5 Å². The maximum absolute atomic E-state index is 13.2. The normalized spacial score (nSPS) is 16.4. The lowest BCUT2D eigenvalue weighted by Crippen LogP contribution is -2.35. The Morgan fingerprint density at radius 1 is 1.15 bits per heavy atom. The summed E-state index contributed by atoms with van der Waals surface area (Å²) in [6, 6.07) is 3.61. The second kappa shape index (κ2) is 7.30. The molecule has 2 heterocycles. The zero-order chi connectivity index (χ0) is 18.7. The predicted octanol–water partition coefficient (Wildman–Crippen LogP) is 2.84. The molecule has 0 spiro atoms. The Labute approximate surface area is 147 Å². The molecule has 5 N–H and O–H groups in total. The molecule has 1 aliphatic rings. The van der Waals surface area contributed by atoms with Gasteiger partial charge in [-0.25, -0.2) is 0 Å². The van der Waals surface area contributed by atoms with E-state index in [1.54, 1.807) is 6.07 Å². The van der Waals surface area contributed by atoms with Gasteiger partial charge in [0.25, 0.3) is 0 Å². The van der Waals surface area contributed by atoms with Gasteiger partial charge in [0.15, 0.2) is 11.5 Å². The maximum Gasteiger partial charge on any atom is 0.416 e. The second-order valence-corrected chi connectivity index (χ2v) is 5.85. The average Bonchev–Trinajstić information content (AvgIpc) is 2.91. The van der Waals surface area contributed by atoms with E-state index in [0.717, 1.165) is 12.1 Å². The average molecular weight is 369 g/mol. The van der Waals surface area contributed by atoms with Crippen molar-refractivity contribution in [2.75, 3.05) is 37.8 Å². The molecule has 1 aliphatic heterocycles. The van der Waals surface area contributed by atoms with Crippen LogP contribution in [0.2, 0.25) is 0 Å². The van der Waals surface area contributed by atoms with Gasteiger partial charge in [-0.3, -0.25) is 10.00 Å². The highest BCUT2D eigenvalue weighted by Gasteiger charge is 2.31. The van der Waals surface area contributed by atoms with Gasteiger partial charge in [-0.1, -0.05) is 0 Å². The lowest BCUT2D eigenvalue weighted by molar-refractivity contribution is -0.137. The van der Waals surface area contributed by atoms with Crippen LogP contribution in [0.1, 0.15) is 11.1 Å². The number of morpholine rings is 1. The summed E-state index contributed by atoms with van der Waals surface area (Å²) >= 11 is 0. The summed E-state index contributed by atoms with van der Waals surface area (Å²) in [6.45, 7) is 2.81. The first kappa shape index (κ1) is 18.1. The smallest absolute Gasteiger partial charge is 0.382 e. The van der Waals surface area contributed by atoms with Crippen molar-refractivity contribution >= 4 is 23.0 Å². The van der Waals surface area contributed by atoms with Crippen molar-refractivity contribution in [1.29, 1.82) is 0 Å². The maximum atomic E-state index is 13.2. The van der Waals surface area contributed by atoms with Crippen molar-refractivity contribution in [3.05, 3.63) is 29.3 Å². The lowest BCUT2D eigenvalue weighted by atomic mass is 10.1. The third-order valence-electron chi connectivity index (χ3n) is 3.87. The summed E-state index contributed by atoms with van der Waals surface area (Å²) < 4.78 is 44.9. The van der Waals surface area contributed by atoms with E-state index in [-0.39, 0.29) is 23.0 Å². The van der Waals surface area contributed by atoms with Crippen LogP contribution in [0.4, 0.5) is 36.2 Å². The highest BCUT2D eigenvalue weighted by atomic mass is 19.4. The van der Waals surface area contributed by atoms with Crippen LogP contribution in [0.3, 0.4) is 0 Å². The number of rotatable bonds is 4. The highest BCUT2D eigenvalue weighted by molar-refractivity contribution is 5.70. The zero-order valence-electron chi connectivity index (χ0n) is 13.8. The molecule has 8 nitrogen and oxygen atoms in total. The molecule has 11 heteroatoms. The number of nitrogen functional groups attached to an aromatic ring is 2. The van der Waals surface area contributed by atoms with Crippen LogP contribution in [0.5, 0.6) is 0 Å². The molecule has 0 aliphatic carbocycles. The molecular formula is C15H18F3N7O. The minimum Gasteiger partial charge on any atom is -0.382 e. The lowest BCUT2D eigenvalue weighted by Gasteiger charge is -2.26. The number of H-pyrrole nitrogens is 1. The van der Waals surface area contributed by atoms with Crippen molar-refractivity contribution in [2.24, 2.45) is 10.2 Å². The molecule has 0 amide bonds. The number of azo groups is 1. The molecular weight excluding hydrogens is 351 g/mol. The van der Waals surface area contributed by atoms with Gasteiger partial charge in [-0.15, -0.1) is 5.11 Å². The van der Waals surface area contributed by atoms with Gasteiger partial charge in [0, 0.05) is 19.6 Å². The first-order valence-corrected chi connectivity index (χ1v) is 7.85. The Kier molecular flexibility index (Phi) is 5.09. The number of alkyl halides is 3. The van der Waals surface area contributed by atoms with Crippen molar-refractivity contribution < 1.29 is 17.9 Å². The topological polar surface area (TPSA) is 118 Å². The Morgan fingerprint density at radius 2 is 1.88 bits per heavy atom. The number of hydrogen-bond donors (Lipinski definition) is 3. The highest BCUT2D eigenvalue weighted by Crippen LogP contribution is 2.34. The number of anilines is 2. The Morgan fingerprint density at radius 3 is 2.50 bits per heavy atom. The van der Waals surface area contributed by atoms with Crippen LogP contribution < -0.4 is 11.5 Å². The van der Waals surface area contributed by atoms with E-state index in [2.05, 4.69) is 20.4 Å². The fourth-order valence-electron chi connectivity index (χ4n) is 2.58. The van der Waals surface area contributed by atoms with E-state index in [1.165, 1.54) is 0 Å². The number of ether oxygens (including phenoxy) is 1. The number of aromatic amines is 1. The van der Waals surface area contributed by atoms with Crippen molar-refractivity contribution in [1.82, 2.24) is 15.1 Å². The molecule has 26 heavy (non-hydrogen) atoms. The summed E-state index contributed by atoms with van der Waals surface area (Å²) in [5.74, 6) is 0.110. The zero-order valence-corrected chi connectivity index (χ0v) is 13.8. The van der Waals surface area contributed by atoms with Gasteiger partial charge in [0.1, 0.15) is 5.82 Å². The SMILES string of the molecule is Nc1n[nH]c(N)c1N=Nc1cc(CN2CCOCC2)cc(C(F)(F)F)c1. The molecule has 3 rings (SSSR count). The van der Waals surface area contributed by atoms with Crippen LogP contribution in [0.25, 0.3) is 0 Å². The van der Waals surface area contributed by atoms with Gasteiger partial charge in [0.05, 0.1) is 24.5 Å². The largest absolute Gasteiger partial charge is 0.416 e. The molecule has 0 saturated carbocycles. The number of halogens is 3. The summed E-state index contributed by atoms with van der Waals surface area (Å²) in [6.07, 6.45) is -4.49. The molecule has 1 aromatic carbocycles. The number of nitrogens with two attached hydrogens (primary N) is 2. The number of hydrogen-bond acceptors (Lipinski definition) is 7. The van der Waals surface area contributed by atoms with Crippen LogP contribution in [0.15, 0.2) is 28.4 Å². The minimum atomic E-state index is -4.49. The molecule has 2 aromatic rings. The molecule has 0 radical (unpaired) electrons. The quantitative estimate of drug-likeness (QED) is 0.716. The van der Waals surface area contributed by atoms with Crippen LogP contribution in [-0.4, -0.2) is 41.4 Å². The van der Waals surface area contributed by atoms with Gasteiger partial charge in [-0.05, 0) is 23.8 Å². The Bertz CT molecular complexity index is 778. The number of nitrogens with one attached hydrogen (secondary N) is 1. The molecule has 0 unspecified atom stereocenters. The van der Waals surface area contributed by atoms with E-state index in [1.807, 2.05) is 4.90 Å². The third kappa shape index (κ3) is 4.29. The molecule has 1 aromatic heterocycles. The molecule has 140 valence electrons. The second-order valence-electron chi connectivity index (χ2n) is 5.85. The van der Waals surface area contributed by atoms with E-state index in [4.69, 9.17) is 16.2 Å². The Balaban J connectivity index is 1.89. The fraction of sp³-hybridized carbons (Fsp3) is 0.400. The van der Waals surface area contributed by atoms with Gasteiger partial charge < -0.3 is 16.2 Å². The molecule has 0 atom stereocenters. The van der Waals surface area contributed by atoms with Crippen molar-refractivity contribution in [3.8, 4) is 0 Å². The van der Waals surface area contributed by atoms with E-state index >= 15 is 0 Å². The summed E-state index contributed by atoms with van der Waals surface area (Å²) in [7, 11) is 0. The van der Waals surface area contributed by atoms with Crippen LogP contribution in [0, 0.1) is 0 Å². The fourth-order valence-corrected chi connectivity index (χ4v) is 2.58. The minimum absolute atomic E-state index is 0.0202. The molecule has 0 bridgehead atoms. The van der Waals surface area contributed by atoms with Gasteiger partial charge in [0.2, 0.25) is 0 Å². The first-order valence-electron chi connectivity index (χ1n) is 7.85. The van der Waals surface area contributed by atoms with Crippen molar-refractivity contribution in [3.63, 3.8) is 0 Å². The van der Waals surface area contributed by atoms with E-state index < -0.39 is 11.7 Å². The third-order valence-corrected chi connectivity index (χ3v) is 3.87. The number of nitrogens with zero attached hydrogens (tertiary/aromatic N) is 4. The summed E-state index contributed by atoms with van der Waals surface area (Å²) in [5.41, 5.74) is 11.0. The summed E-state index contributed by atoms with van der Waals surface area (Å²) in [4.78, 5) is 2.02. The van der Waals surface area contributed by atoms with Gasteiger partial charge >= 0.3 is 6.18 Å². The number of benzene rings is 1. The Hall–Kier alpha value is -2.66. The summed E-state index contributed by atoms with van der Waals surface area (Å²) in [5, 5.41) is 13.8. The predicted molar refractivity (Wildman–Crippen MR) is 89.1 cm³/mol. The van der Waals surface area contributed by atoms with E-state index in [0.29, 0.717) is 38.4 Å². The standard InChI is InChI=1S/C15H18F3N7O/c16-15(17,18)10-5-9(8-25-1-3-26-4-2-25)6-11(7-10)21-22-12-13(19)23-24-14(12)20/h5-7H,1-4,8H2,(H5,19,20,23,24). The van der Waals surface area contributed by atoms with Crippen molar-refractivity contribution in [2.45, 2.75) is 12.7 Å². The molecule has 1 saturated heterocycles. The first-order chi connectivity index (χ1) is 12.3.